The zero-order chi connectivity index (χ0) is 16.3. The highest BCUT2D eigenvalue weighted by Crippen LogP contribution is 2.41. The molecule has 0 aromatic heterocycles. The molecule has 22 heavy (non-hydrogen) atoms. The number of ether oxygens (including phenoxy) is 4. The van der Waals surface area contributed by atoms with Crippen LogP contribution in [0.1, 0.15) is 12.5 Å². The van der Waals surface area contributed by atoms with Gasteiger partial charge in [-0.3, -0.25) is 0 Å². The third-order valence-corrected chi connectivity index (χ3v) is 4.08. The van der Waals surface area contributed by atoms with Crippen LogP contribution in [0.25, 0.3) is 4.85 Å². The SMILES string of the molecule is [C-]#[N+]c1ccc([C@@]2(OC)O[C@@H](C)[C@H](O)[C@@H](OC)[C@H]2OC)cc1. The van der Waals surface area contributed by atoms with Gasteiger partial charge in [0.15, 0.2) is 5.69 Å². The molecule has 1 aliphatic heterocycles. The van der Waals surface area contributed by atoms with Gasteiger partial charge in [-0.2, -0.15) is 0 Å². The summed E-state index contributed by atoms with van der Waals surface area (Å²) < 4.78 is 22.6. The largest absolute Gasteiger partial charge is 0.388 e. The Hall–Kier alpha value is -1.49. The summed E-state index contributed by atoms with van der Waals surface area (Å²) in [6.07, 6.45) is -2.60. The van der Waals surface area contributed by atoms with Gasteiger partial charge in [0.2, 0.25) is 5.79 Å². The van der Waals surface area contributed by atoms with Crippen molar-refractivity contribution < 1.29 is 24.1 Å². The number of benzene rings is 1. The van der Waals surface area contributed by atoms with Gasteiger partial charge in [0, 0.05) is 26.9 Å². The minimum Gasteiger partial charge on any atom is -0.388 e. The molecule has 1 aromatic rings. The van der Waals surface area contributed by atoms with Gasteiger partial charge in [-0.15, -0.1) is 0 Å². The van der Waals surface area contributed by atoms with Crippen molar-refractivity contribution in [1.29, 1.82) is 0 Å². The van der Waals surface area contributed by atoms with Crippen molar-refractivity contribution in [3.8, 4) is 0 Å². The van der Waals surface area contributed by atoms with Gasteiger partial charge in [-0.1, -0.05) is 24.3 Å². The van der Waals surface area contributed by atoms with Crippen LogP contribution >= 0.6 is 0 Å². The standard InChI is InChI=1S/C16H21NO5/c1-10-13(18)14(19-3)15(20-4)16(21-5,22-10)11-6-8-12(17-2)9-7-11/h6-10,13-15,18H,1,3-5H3/t10-,13-,14+,15+,16+/m0/s1. The maximum atomic E-state index is 10.3. The third kappa shape index (κ3) is 2.62. The fourth-order valence-electron chi connectivity index (χ4n) is 2.91. The molecule has 1 heterocycles. The molecule has 1 aromatic carbocycles. The second-order valence-electron chi connectivity index (χ2n) is 5.20. The van der Waals surface area contributed by atoms with Crippen molar-refractivity contribution >= 4 is 5.69 Å². The van der Waals surface area contributed by atoms with Crippen molar-refractivity contribution in [3.05, 3.63) is 41.2 Å². The Morgan fingerprint density at radius 1 is 1.18 bits per heavy atom. The second-order valence-corrected chi connectivity index (χ2v) is 5.20. The van der Waals surface area contributed by atoms with Crippen molar-refractivity contribution in [3.63, 3.8) is 0 Å². The fraction of sp³-hybridized carbons (Fsp3) is 0.562. The zero-order valence-corrected chi connectivity index (χ0v) is 13.1. The van der Waals surface area contributed by atoms with E-state index in [1.165, 1.54) is 21.3 Å². The van der Waals surface area contributed by atoms with E-state index in [0.29, 0.717) is 11.3 Å². The van der Waals surface area contributed by atoms with E-state index >= 15 is 0 Å². The van der Waals surface area contributed by atoms with Crippen molar-refractivity contribution in [2.24, 2.45) is 0 Å². The Kier molecular flexibility index (Phi) is 5.16. The Balaban J connectivity index is 2.50. The van der Waals surface area contributed by atoms with Crippen molar-refractivity contribution in [1.82, 2.24) is 0 Å². The second kappa shape index (κ2) is 6.73. The molecule has 6 nitrogen and oxygen atoms in total. The predicted molar refractivity (Wildman–Crippen MR) is 79.5 cm³/mol. The Morgan fingerprint density at radius 2 is 1.82 bits per heavy atom. The monoisotopic (exact) mass is 307 g/mol. The number of aliphatic hydroxyl groups is 1. The summed E-state index contributed by atoms with van der Waals surface area (Å²) in [5, 5.41) is 10.3. The molecule has 0 spiro atoms. The third-order valence-electron chi connectivity index (χ3n) is 4.08. The Labute approximate surface area is 130 Å². The first-order valence-electron chi connectivity index (χ1n) is 6.98. The van der Waals surface area contributed by atoms with Crippen LogP contribution in [-0.4, -0.2) is 50.9 Å². The van der Waals surface area contributed by atoms with Crippen LogP contribution in [0.3, 0.4) is 0 Å². The van der Waals surface area contributed by atoms with E-state index in [1.807, 2.05) is 0 Å². The zero-order valence-electron chi connectivity index (χ0n) is 13.1. The predicted octanol–water partition coefficient (Wildman–Crippen LogP) is 1.85. The maximum Gasteiger partial charge on any atom is 0.224 e. The van der Waals surface area contributed by atoms with Crippen LogP contribution in [0, 0.1) is 6.57 Å². The lowest BCUT2D eigenvalue weighted by molar-refractivity contribution is -0.366. The first kappa shape index (κ1) is 16.9. The molecule has 1 aliphatic rings. The molecule has 0 radical (unpaired) electrons. The van der Waals surface area contributed by atoms with Crippen LogP contribution < -0.4 is 0 Å². The molecule has 1 fully saturated rings. The molecular formula is C16H21NO5. The van der Waals surface area contributed by atoms with E-state index in [4.69, 9.17) is 25.5 Å². The normalized spacial score (nSPS) is 35.1. The lowest BCUT2D eigenvalue weighted by Crippen LogP contribution is -2.63. The smallest absolute Gasteiger partial charge is 0.224 e. The number of hydrogen-bond acceptors (Lipinski definition) is 5. The molecule has 0 saturated carbocycles. The highest BCUT2D eigenvalue weighted by molar-refractivity contribution is 5.46. The minimum absolute atomic E-state index is 0.503. The van der Waals surface area contributed by atoms with E-state index in [2.05, 4.69) is 4.85 Å². The summed E-state index contributed by atoms with van der Waals surface area (Å²) in [4.78, 5) is 3.38. The molecule has 0 unspecified atom stereocenters. The molecule has 1 N–H and O–H groups in total. The molecule has 6 heteroatoms. The Bertz CT molecular complexity index is 540. The lowest BCUT2D eigenvalue weighted by atomic mass is 9.88. The minimum atomic E-state index is -1.21. The molecule has 0 amide bonds. The Morgan fingerprint density at radius 3 is 2.27 bits per heavy atom. The van der Waals surface area contributed by atoms with E-state index in [1.54, 1.807) is 31.2 Å². The summed E-state index contributed by atoms with van der Waals surface area (Å²) in [5.74, 6) is -1.21. The fourth-order valence-corrected chi connectivity index (χ4v) is 2.91. The maximum absolute atomic E-state index is 10.3. The highest BCUT2D eigenvalue weighted by Gasteiger charge is 2.55. The highest BCUT2D eigenvalue weighted by atomic mass is 16.7. The average Bonchev–Trinajstić information content (AvgIpc) is 2.56. The van der Waals surface area contributed by atoms with Gasteiger partial charge >= 0.3 is 0 Å². The first-order valence-corrected chi connectivity index (χ1v) is 6.98. The molecule has 0 aliphatic carbocycles. The van der Waals surface area contributed by atoms with Gasteiger partial charge in [0.05, 0.1) is 12.7 Å². The molecule has 2 rings (SSSR count). The van der Waals surface area contributed by atoms with Gasteiger partial charge in [-0.05, 0) is 6.92 Å². The molecule has 1 saturated heterocycles. The van der Waals surface area contributed by atoms with Gasteiger partial charge < -0.3 is 24.1 Å². The number of methoxy groups -OCH3 is 3. The molecule has 5 atom stereocenters. The van der Waals surface area contributed by atoms with Crippen LogP contribution in [0.2, 0.25) is 0 Å². The van der Waals surface area contributed by atoms with Crippen molar-refractivity contribution in [2.75, 3.05) is 21.3 Å². The first-order chi connectivity index (χ1) is 10.5. The van der Waals surface area contributed by atoms with E-state index in [9.17, 15) is 5.11 Å². The van der Waals surface area contributed by atoms with Gasteiger partial charge in [0.25, 0.3) is 0 Å². The van der Waals surface area contributed by atoms with Crippen molar-refractivity contribution in [2.45, 2.75) is 37.1 Å². The quantitative estimate of drug-likeness (QED) is 0.860. The molecule has 0 bridgehead atoms. The number of nitrogens with zero attached hydrogens (tertiary/aromatic N) is 1. The summed E-state index contributed by atoms with van der Waals surface area (Å²) in [6, 6.07) is 6.91. The number of aliphatic hydroxyl groups excluding tert-OH is 1. The summed E-state index contributed by atoms with van der Waals surface area (Å²) in [6.45, 7) is 8.79. The van der Waals surface area contributed by atoms with E-state index in [-0.39, 0.29) is 0 Å². The lowest BCUT2D eigenvalue weighted by Gasteiger charge is -2.49. The number of rotatable bonds is 4. The number of hydrogen-bond donors (Lipinski definition) is 1. The van der Waals surface area contributed by atoms with E-state index in [0.717, 1.165) is 0 Å². The topological polar surface area (TPSA) is 61.5 Å². The van der Waals surface area contributed by atoms with Crippen LogP contribution in [0.4, 0.5) is 5.69 Å². The van der Waals surface area contributed by atoms with Gasteiger partial charge in [-0.25, -0.2) is 4.85 Å². The van der Waals surface area contributed by atoms with Crippen LogP contribution in [0.15, 0.2) is 24.3 Å². The summed E-state index contributed by atoms with van der Waals surface area (Å²) in [5.41, 5.74) is 1.23. The van der Waals surface area contributed by atoms with Gasteiger partial charge in [0.1, 0.15) is 18.3 Å². The van der Waals surface area contributed by atoms with Crippen LogP contribution in [-0.2, 0) is 24.7 Å². The summed E-state index contributed by atoms with van der Waals surface area (Å²) >= 11 is 0. The van der Waals surface area contributed by atoms with Crippen LogP contribution in [0.5, 0.6) is 0 Å². The van der Waals surface area contributed by atoms with E-state index < -0.39 is 30.2 Å². The molecular weight excluding hydrogens is 286 g/mol. The summed E-state index contributed by atoms with van der Waals surface area (Å²) in [7, 11) is 4.55. The molecule has 120 valence electrons. The average molecular weight is 307 g/mol.